The number of urea groups is 1. The Bertz CT molecular complexity index is 578. The molecule has 0 bridgehead atoms. The van der Waals surface area contributed by atoms with Gasteiger partial charge in [0.2, 0.25) is 0 Å². The number of carbonyl (C=O) groups excluding carboxylic acids is 2. The van der Waals surface area contributed by atoms with E-state index in [4.69, 9.17) is 5.73 Å². The van der Waals surface area contributed by atoms with E-state index in [0.717, 1.165) is 6.42 Å². The van der Waals surface area contributed by atoms with Crippen molar-refractivity contribution in [1.29, 1.82) is 0 Å². The third-order valence-electron chi connectivity index (χ3n) is 3.53. The molecular weight excluding hydrogens is 340 g/mol. The summed E-state index contributed by atoms with van der Waals surface area (Å²) in [6, 6.07) is 6.59. The fourth-order valence-corrected chi connectivity index (χ4v) is 2.60. The summed E-state index contributed by atoms with van der Waals surface area (Å²) in [5.74, 6) is 0.225. The molecule has 5 N–H and O–H groups in total. The summed E-state index contributed by atoms with van der Waals surface area (Å²) in [4.78, 5) is 24.3. The van der Waals surface area contributed by atoms with Crippen LogP contribution in [0.1, 0.15) is 51.4 Å². The van der Waals surface area contributed by atoms with E-state index in [1.165, 1.54) is 0 Å². The monoisotopic (exact) mass is 370 g/mol. The van der Waals surface area contributed by atoms with Gasteiger partial charge in [0.05, 0.1) is 0 Å². The largest absolute Gasteiger partial charge is 0.346 e. The van der Waals surface area contributed by atoms with Crippen molar-refractivity contribution in [3.05, 3.63) is 29.8 Å². The Kier molecular flexibility index (Phi) is 9.52. The van der Waals surface area contributed by atoms with Crippen LogP contribution in [-0.2, 0) is 0 Å². The van der Waals surface area contributed by atoms with Gasteiger partial charge in [-0.3, -0.25) is 4.79 Å². The number of benzene rings is 1. The van der Waals surface area contributed by atoms with E-state index in [1.54, 1.807) is 24.3 Å². The third kappa shape index (κ3) is 8.23. The molecule has 1 atom stereocenters. The van der Waals surface area contributed by atoms with Crippen LogP contribution >= 0.6 is 12.4 Å². The van der Waals surface area contributed by atoms with Gasteiger partial charge in [-0.2, -0.15) is 0 Å². The van der Waals surface area contributed by atoms with Crippen LogP contribution in [0, 0.1) is 5.92 Å². The average molecular weight is 371 g/mol. The van der Waals surface area contributed by atoms with E-state index in [9.17, 15) is 9.59 Å². The lowest BCUT2D eigenvalue weighted by molar-refractivity contribution is 0.0898. The van der Waals surface area contributed by atoms with Gasteiger partial charge in [-0.05, 0) is 51.3 Å². The number of nitrogens with one attached hydrogen (secondary N) is 3. The normalized spacial score (nSPS) is 13.0. The van der Waals surface area contributed by atoms with Crippen molar-refractivity contribution in [2.45, 2.75) is 52.6 Å². The molecule has 6 nitrogen and oxygen atoms in total. The fraction of sp³-hybridized carbons (Fsp3) is 0.556. The van der Waals surface area contributed by atoms with Crippen LogP contribution < -0.4 is 21.7 Å². The summed E-state index contributed by atoms with van der Waals surface area (Å²) in [6.45, 7) is 10.3. The van der Waals surface area contributed by atoms with Crippen molar-refractivity contribution in [2.24, 2.45) is 11.7 Å². The number of anilines is 1. The maximum absolute atomic E-state index is 12.5. The lowest BCUT2D eigenvalue weighted by Gasteiger charge is -2.31. The lowest BCUT2D eigenvalue weighted by atomic mass is 9.90. The summed E-state index contributed by atoms with van der Waals surface area (Å²) in [6.07, 6.45) is 0.796. The molecule has 1 rings (SSSR count). The minimum Gasteiger partial charge on any atom is -0.346 e. The molecule has 0 heterocycles. The second kappa shape index (κ2) is 10.3. The molecule has 0 radical (unpaired) electrons. The van der Waals surface area contributed by atoms with Gasteiger partial charge in [0, 0.05) is 29.4 Å². The zero-order chi connectivity index (χ0) is 18.3. The minimum atomic E-state index is -0.455. The number of rotatable bonds is 7. The maximum atomic E-state index is 12.5. The van der Waals surface area contributed by atoms with Gasteiger partial charge in [-0.1, -0.05) is 19.9 Å². The Morgan fingerprint density at radius 3 is 2.36 bits per heavy atom. The molecule has 7 heteroatoms. The fourth-order valence-electron chi connectivity index (χ4n) is 2.60. The third-order valence-corrected chi connectivity index (χ3v) is 3.53. The number of carbonyl (C=O) groups is 2. The second-order valence-electron chi connectivity index (χ2n) is 7.15. The highest BCUT2D eigenvalue weighted by molar-refractivity contribution is 5.97. The van der Waals surface area contributed by atoms with Gasteiger partial charge in [0.15, 0.2) is 0 Å². The molecule has 1 aromatic carbocycles. The molecule has 0 fully saturated rings. The van der Waals surface area contributed by atoms with Gasteiger partial charge in [0.25, 0.3) is 5.91 Å². The molecule has 142 valence electrons. The van der Waals surface area contributed by atoms with E-state index in [-0.39, 0.29) is 30.4 Å². The van der Waals surface area contributed by atoms with E-state index >= 15 is 0 Å². The summed E-state index contributed by atoms with van der Waals surface area (Å²) >= 11 is 0. The zero-order valence-corrected chi connectivity index (χ0v) is 16.5. The molecule has 3 amide bonds. The SMILES string of the molecule is CC(C)CC(C)(CN)NC(=O)c1cccc(NC(=O)NC(C)C)c1.Cl. The molecule has 0 aliphatic heterocycles. The Labute approximate surface area is 156 Å². The first-order chi connectivity index (χ1) is 11.1. The van der Waals surface area contributed by atoms with Crippen molar-refractivity contribution < 1.29 is 9.59 Å². The van der Waals surface area contributed by atoms with Crippen LogP contribution in [0.5, 0.6) is 0 Å². The van der Waals surface area contributed by atoms with Crippen LogP contribution in [0.3, 0.4) is 0 Å². The van der Waals surface area contributed by atoms with Crippen LogP contribution in [0.15, 0.2) is 24.3 Å². The van der Waals surface area contributed by atoms with Gasteiger partial charge in [-0.25, -0.2) is 4.79 Å². The smallest absolute Gasteiger partial charge is 0.319 e. The van der Waals surface area contributed by atoms with Crippen molar-refractivity contribution in [3.63, 3.8) is 0 Å². The van der Waals surface area contributed by atoms with Gasteiger partial charge >= 0.3 is 6.03 Å². The number of amides is 3. The molecular formula is C18H31ClN4O2. The molecule has 0 saturated heterocycles. The molecule has 0 spiro atoms. The average Bonchev–Trinajstić information content (AvgIpc) is 2.45. The molecule has 0 aliphatic carbocycles. The zero-order valence-electron chi connectivity index (χ0n) is 15.7. The predicted molar refractivity (Wildman–Crippen MR) is 105 cm³/mol. The Morgan fingerprint density at radius 1 is 1.20 bits per heavy atom. The van der Waals surface area contributed by atoms with Crippen LogP contribution in [0.4, 0.5) is 10.5 Å². The van der Waals surface area contributed by atoms with E-state index in [1.807, 2.05) is 20.8 Å². The molecule has 0 aliphatic rings. The minimum absolute atomic E-state index is 0. The van der Waals surface area contributed by atoms with Crippen molar-refractivity contribution >= 4 is 30.0 Å². The first-order valence-electron chi connectivity index (χ1n) is 8.35. The molecule has 0 saturated carbocycles. The van der Waals surface area contributed by atoms with Crippen LogP contribution in [0.25, 0.3) is 0 Å². The molecule has 0 aromatic heterocycles. The van der Waals surface area contributed by atoms with E-state index < -0.39 is 5.54 Å². The maximum Gasteiger partial charge on any atom is 0.319 e. The van der Waals surface area contributed by atoms with Gasteiger partial charge < -0.3 is 21.7 Å². The second-order valence-corrected chi connectivity index (χ2v) is 7.15. The lowest BCUT2D eigenvalue weighted by Crippen LogP contribution is -2.52. The molecule has 1 unspecified atom stereocenters. The number of hydrogen-bond donors (Lipinski definition) is 4. The summed E-state index contributed by atoms with van der Waals surface area (Å²) in [7, 11) is 0. The first-order valence-corrected chi connectivity index (χ1v) is 8.35. The van der Waals surface area contributed by atoms with Gasteiger partial charge in [-0.15, -0.1) is 12.4 Å². The number of hydrogen-bond acceptors (Lipinski definition) is 3. The van der Waals surface area contributed by atoms with Crippen molar-refractivity contribution in [2.75, 3.05) is 11.9 Å². The topological polar surface area (TPSA) is 96.2 Å². The predicted octanol–water partition coefficient (Wildman–Crippen LogP) is 3.13. The van der Waals surface area contributed by atoms with Crippen LogP contribution in [-0.4, -0.2) is 30.1 Å². The summed E-state index contributed by atoms with van der Waals surface area (Å²) < 4.78 is 0. The highest BCUT2D eigenvalue weighted by Gasteiger charge is 2.26. The van der Waals surface area contributed by atoms with E-state index in [2.05, 4.69) is 29.8 Å². The van der Waals surface area contributed by atoms with Crippen LogP contribution in [0.2, 0.25) is 0 Å². The number of nitrogens with two attached hydrogens (primary N) is 1. The first kappa shape index (κ1) is 23.2. The van der Waals surface area contributed by atoms with Gasteiger partial charge in [0.1, 0.15) is 0 Å². The summed E-state index contributed by atoms with van der Waals surface area (Å²) in [5, 5.41) is 8.48. The Balaban J connectivity index is 0.00000576. The highest BCUT2D eigenvalue weighted by Crippen LogP contribution is 2.17. The quantitative estimate of drug-likeness (QED) is 0.593. The van der Waals surface area contributed by atoms with Crippen molar-refractivity contribution in [1.82, 2.24) is 10.6 Å². The Hall–Kier alpha value is -1.79. The standard InChI is InChI=1S/C18H30N4O2.ClH/c1-12(2)10-18(5,11-19)22-16(23)14-7-6-8-15(9-14)21-17(24)20-13(3)4;/h6-9,12-13H,10-11,19H2,1-5H3,(H,22,23)(H2,20,21,24);1H. The Morgan fingerprint density at radius 2 is 1.84 bits per heavy atom. The van der Waals surface area contributed by atoms with E-state index in [0.29, 0.717) is 23.7 Å². The summed E-state index contributed by atoms with van der Waals surface area (Å²) in [5.41, 5.74) is 6.44. The highest BCUT2D eigenvalue weighted by atomic mass is 35.5. The molecule has 1 aromatic rings. The number of halogens is 1. The van der Waals surface area contributed by atoms with Crippen molar-refractivity contribution in [3.8, 4) is 0 Å². The molecule has 25 heavy (non-hydrogen) atoms.